The third kappa shape index (κ3) is 3.08. The van der Waals surface area contributed by atoms with Crippen LogP contribution < -0.4 is 9.47 Å². The molecular weight excluding hydrogens is 254 g/mol. The lowest BCUT2D eigenvalue weighted by molar-refractivity contribution is 0.177. The highest BCUT2D eigenvalue weighted by Crippen LogP contribution is 2.29. The third-order valence-electron chi connectivity index (χ3n) is 3.32. The molecule has 1 aromatic carbocycles. The molecule has 1 N–H and O–H groups in total. The van der Waals surface area contributed by atoms with Crippen LogP contribution in [0.15, 0.2) is 36.7 Å². The first-order chi connectivity index (χ1) is 9.65. The first kappa shape index (κ1) is 14.3. The Hall–Kier alpha value is -2.07. The van der Waals surface area contributed by atoms with Crippen LogP contribution in [0.4, 0.5) is 0 Å². The number of rotatable bonds is 5. The molecule has 0 radical (unpaired) electrons. The van der Waals surface area contributed by atoms with Gasteiger partial charge in [-0.25, -0.2) is 0 Å². The monoisotopic (exact) mass is 273 g/mol. The summed E-state index contributed by atoms with van der Waals surface area (Å²) in [6.07, 6.45) is 3.36. The molecule has 2 rings (SSSR count). The summed E-state index contributed by atoms with van der Waals surface area (Å²) in [4.78, 5) is 4.06. The summed E-state index contributed by atoms with van der Waals surface area (Å²) in [6.45, 7) is 1.97. The molecule has 4 heteroatoms. The number of aromatic nitrogens is 1. The van der Waals surface area contributed by atoms with Crippen molar-refractivity contribution in [2.75, 3.05) is 14.2 Å². The Bertz CT molecular complexity index is 584. The van der Waals surface area contributed by atoms with Crippen molar-refractivity contribution in [3.05, 3.63) is 53.3 Å². The Labute approximate surface area is 119 Å². The SMILES string of the molecule is COc1ccc(CC(O)c2cnccc2C)cc1OC. The van der Waals surface area contributed by atoms with Gasteiger partial charge >= 0.3 is 0 Å². The van der Waals surface area contributed by atoms with Crippen LogP contribution in [0.25, 0.3) is 0 Å². The molecule has 1 heterocycles. The van der Waals surface area contributed by atoms with Crippen LogP contribution >= 0.6 is 0 Å². The Kier molecular flexibility index (Phi) is 4.58. The summed E-state index contributed by atoms with van der Waals surface area (Å²) in [6, 6.07) is 7.55. The second-order valence-electron chi connectivity index (χ2n) is 4.64. The van der Waals surface area contributed by atoms with Gasteiger partial charge in [0.15, 0.2) is 11.5 Å². The molecule has 0 bridgehead atoms. The lowest BCUT2D eigenvalue weighted by atomic mass is 9.99. The van der Waals surface area contributed by atoms with Crippen LogP contribution in [0.1, 0.15) is 22.8 Å². The minimum Gasteiger partial charge on any atom is -0.493 e. The second kappa shape index (κ2) is 6.39. The van der Waals surface area contributed by atoms with Gasteiger partial charge < -0.3 is 14.6 Å². The van der Waals surface area contributed by atoms with E-state index in [1.54, 1.807) is 26.6 Å². The number of methoxy groups -OCH3 is 2. The van der Waals surface area contributed by atoms with Crippen molar-refractivity contribution in [3.63, 3.8) is 0 Å². The van der Waals surface area contributed by atoms with Gasteiger partial charge in [-0.2, -0.15) is 0 Å². The zero-order valence-electron chi connectivity index (χ0n) is 12.0. The summed E-state index contributed by atoms with van der Waals surface area (Å²) in [5.41, 5.74) is 2.87. The predicted molar refractivity (Wildman–Crippen MR) is 77.2 cm³/mol. The molecule has 1 unspecified atom stereocenters. The lowest BCUT2D eigenvalue weighted by Crippen LogP contribution is -2.04. The van der Waals surface area contributed by atoms with Crippen molar-refractivity contribution in [1.82, 2.24) is 4.98 Å². The molecule has 106 valence electrons. The van der Waals surface area contributed by atoms with E-state index >= 15 is 0 Å². The third-order valence-corrected chi connectivity index (χ3v) is 3.32. The van der Waals surface area contributed by atoms with Gasteiger partial charge in [-0.05, 0) is 36.2 Å². The molecule has 0 aliphatic carbocycles. The van der Waals surface area contributed by atoms with Gasteiger partial charge in [0.25, 0.3) is 0 Å². The quantitative estimate of drug-likeness (QED) is 0.910. The summed E-state index contributed by atoms with van der Waals surface area (Å²) < 4.78 is 10.5. The van der Waals surface area contributed by atoms with E-state index in [1.165, 1.54) is 0 Å². The molecule has 1 aromatic heterocycles. The largest absolute Gasteiger partial charge is 0.493 e. The number of pyridine rings is 1. The summed E-state index contributed by atoms with van der Waals surface area (Å²) in [7, 11) is 3.20. The fourth-order valence-electron chi connectivity index (χ4n) is 2.17. The van der Waals surface area contributed by atoms with Crippen molar-refractivity contribution in [1.29, 1.82) is 0 Å². The minimum absolute atomic E-state index is 0.507. The van der Waals surface area contributed by atoms with Crippen molar-refractivity contribution in [2.24, 2.45) is 0 Å². The standard InChI is InChI=1S/C16H19NO3/c1-11-6-7-17-10-13(11)14(18)8-12-4-5-15(19-2)16(9-12)20-3/h4-7,9-10,14,18H,8H2,1-3H3. The van der Waals surface area contributed by atoms with Crippen LogP contribution in [-0.4, -0.2) is 24.3 Å². The molecule has 0 aliphatic heterocycles. The molecule has 1 atom stereocenters. The second-order valence-corrected chi connectivity index (χ2v) is 4.64. The Morgan fingerprint density at radius 3 is 2.55 bits per heavy atom. The van der Waals surface area contributed by atoms with E-state index in [0.717, 1.165) is 16.7 Å². The van der Waals surface area contributed by atoms with Crippen LogP contribution in [-0.2, 0) is 6.42 Å². The van der Waals surface area contributed by atoms with Crippen LogP contribution in [0.2, 0.25) is 0 Å². The molecule has 2 aromatic rings. The topological polar surface area (TPSA) is 51.6 Å². The fraction of sp³-hybridized carbons (Fsp3) is 0.312. The summed E-state index contributed by atoms with van der Waals surface area (Å²) in [5.74, 6) is 1.35. The van der Waals surface area contributed by atoms with Crippen molar-refractivity contribution in [3.8, 4) is 11.5 Å². The molecular formula is C16H19NO3. The number of nitrogens with zero attached hydrogens (tertiary/aromatic N) is 1. The molecule has 0 aliphatic rings. The molecule has 20 heavy (non-hydrogen) atoms. The van der Waals surface area contributed by atoms with Gasteiger partial charge in [0.1, 0.15) is 0 Å². The van der Waals surface area contributed by atoms with E-state index in [4.69, 9.17) is 9.47 Å². The average molecular weight is 273 g/mol. The zero-order valence-corrected chi connectivity index (χ0v) is 12.0. The maximum atomic E-state index is 10.3. The number of hydrogen-bond donors (Lipinski definition) is 1. The summed E-state index contributed by atoms with van der Waals surface area (Å²) in [5, 5.41) is 10.3. The van der Waals surface area contributed by atoms with E-state index in [2.05, 4.69) is 4.98 Å². The van der Waals surface area contributed by atoms with Crippen molar-refractivity contribution < 1.29 is 14.6 Å². The number of benzene rings is 1. The van der Waals surface area contributed by atoms with Crippen LogP contribution in [0, 0.1) is 6.92 Å². The number of hydrogen-bond acceptors (Lipinski definition) is 4. The maximum absolute atomic E-state index is 10.3. The maximum Gasteiger partial charge on any atom is 0.160 e. The first-order valence-corrected chi connectivity index (χ1v) is 6.45. The summed E-state index contributed by atoms with van der Waals surface area (Å²) >= 11 is 0. The Morgan fingerprint density at radius 2 is 1.90 bits per heavy atom. The van der Waals surface area contributed by atoms with Gasteiger partial charge in [-0.1, -0.05) is 6.07 Å². The van der Waals surface area contributed by atoms with E-state index in [1.807, 2.05) is 31.2 Å². The van der Waals surface area contributed by atoms with E-state index in [-0.39, 0.29) is 0 Å². The van der Waals surface area contributed by atoms with Gasteiger partial charge in [0, 0.05) is 24.4 Å². The van der Waals surface area contributed by atoms with E-state index < -0.39 is 6.10 Å². The van der Waals surface area contributed by atoms with Gasteiger partial charge in [0.2, 0.25) is 0 Å². The molecule has 4 nitrogen and oxygen atoms in total. The highest BCUT2D eigenvalue weighted by atomic mass is 16.5. The fourth-order valence-corrected chi connectivity index (χ4v) is 2.17. The first-order valence-electron chi connectivity index (χ1n) is 6.45. The number of aliphatic hydroxyl groups is 1. The zero-order chi connectivity index (χ0) is 14.5. The molecule has 0 saturated heterocycles. The molecule has 0 saturated carbocycles. The average Bonchev–Trinajstić information content (AvgIpc) is 2.47. The number of aliphatic hydroxyl groups excluding tert-OH is 1. The minimum atomic E-state index is -0.582. The highest BCUT2D eigenvalue weighted by Gasteiger charge is 2.13. The molecule has 0 fully saturated rings. The van der Waals surface area contributed by atoms with Crippen LogP contribution in [0.3, 0.4) is 0 Å². The highest BCUT2D eigenvalue weighted by molar-refractivity contribution is 5.43. The number of aryl methyl sites for hydroxylation is 1. The molecule has 0 spiro atoms. The Balaban J connectivity index is 2.20. The van der Waals surface area contributed by atoms with Gasteiger partial charge in [-0.15, -0.1) is 0 Å². The lowest BCUT2D eigenvalue weighted by Gasteiger charge is -2.14. The molecule has 0 amide bonds. The van der Waals surface area contributed by atoms with Gasteiger partial charge in [0.05, 0.1) is 20.3 Å². The van der Waals surface area contributed by atoms with Crippen molar-refractivity contribution >= 4 is 0 Å². The van der Waals surface area contributed by atoms with E-state index in [9.17, 15) is 5.11 Å². The normalized spacial score (nSPS) is 12.0. The van der Waals surface area contributed by atoms with Gasteiger partial charge in [-0.3, -0.25) is 4.98 Å². The van der Waals surface area contributed by atoms with Crippen LogP contribution in [0.5, 0.6) is 11.5 Å². The number of ether oxygens (including phenoxy) is 2. The predicted octanol–water partition coefficient (Wildman–Crippen LogP) is 2.68. The smallest absolute Gasteiger partial charge is 0.160 e. The van der Waals surface area contributed by atoms with Crippen molar-refractivity contribution in [2.45, 2.75) is 19.4 Å². The Morgan fingerprint density at radius 1 is 1.15 bits per heavy atom. The van der Waals surface area contributed by atoms with E-state index in [0.29, 0.717) is 17.9 Å².